The van der Waals surface area contributed by atoms with Gasteiger partial charge in [-0.1, -0.05) is 31.2 Å². The van der Waals surface area contributed by atoms with E-state index >= 15 is 0 Å². The molecule has 0 aliphatic heterocycles. The molecule has 0 aliphatic rings. The van der Waals surface area contributed by atoms with Gasteiger partial charge in [0.15, 0.2) is 0 Å². The second-order valence-electron chi connectivity index (χ2n) is 4.52. The minimum atomic E-state index is 0.250. The largest absolute Gasteiger partial charge is 0.507 e. The maximum absolute atomic E-state index is 9.62. The summed E-state index contributed by atoms with van der Waals surface area (Å²) in [5.74, 6) is 1.14. The van der Waals surface area contributed by atoms with E-state index < -0.39 is 0 Å². The first kappa shape index (κ1) is 14.1. The Labute approximate surface area is 119 Å². The summed E-state index contributed by atoms with van der Waals surface area (Å²) in [6.07, 6.45) is 2.70. The topological polar surface area (TPSA) is 41.8 Å². The summed E-state index contributed by atoms with van der Waals surface area (Å²) in [7, 11) is 0. The second-order valence-corrected chi connectivity index (χ2v) is 4.52. The summed E-state index contributed by atoms with van der Waals surface area (Å²) in [4.78, 5) is 4.34. The number of hydrogen-bond donors (Lipinski definition) is 1. The van der Waals surface area contributed by atoms with Crippen molar-refractivity contribution in [2.45, 2.75) is 19.9 Å². The number of phenols is 1. The third-order valence-electron chi connectivity index (χ3n) is 2.84. The van der Waals surface area contributed by atoms with E-state index in [1.807, 2.05) is 36.4 Å². The van der Waals surface area contributed by atoms with Gasteiger partial charge in [0, 0.05) is 11.8 Å². The van der Waals surface area contributed by atoms with Crippen molar-refractivity contribution >= 4 is 6.21 Å². The number of para-hydroxylation sites is 1. The first-order chi connectivity index (χ1) is 9.79. The van der Waals surface area contributed by atoms with Gasteiger partial charge in [-0.15, -0.1) is 0 Å². The Morgan fingerprint density at radius 1 is 1.10 bits per heavy atom. The molecular weight excluding hydrogens is 250 g/mol. The molecule has 0 radical (unpaired) electrons. The molecule has 0 saturated carbocycles. The van der Waals surface area contributed by atoms with Crippen molar-refractivity contribution in [3.05, 3.63) is 59.7 Å². The Kier molecular flexibility index (Phi) is 5.18. The molecule has 20 heavy (non-hydrogen) atoms. The fourth-order valence-electron chi connectivity index (χ4n) is 1.76. The van der Waals surface area contributed by atoms with E-state index in [1.54, 1.807) is 18.3 Å². The maximum Gasteiger partial charge on any atom is 0.124 e. The molecule has 0 bridgehead atoms. The lowest BCUT2D eigenvalue weighted by atomic mass is 10.2. The summed E-state index contributed by atoms with van der Waals surface area (Å²) in [5.41, 5.74) is 1.84. The highest BCUT2D eigenvalue weighted by atomic mass is 16.5. The van der Waals surface area contributed by atoms with Gasteiger partial charge >= 0.3 is 0 Å². The highest BCUT2D eigenvalue weighted by molar-refractivity contribution is 5.83. The van der Waals surface area contributed by atoms with Crippen LogP contribution in [0.15, 0.2) is 53.5 Å². The summed E-state index contributed by atoms with van der Waals surface area (Å²) in [5, 5.41) is 9.62. The molecule has 0 amide bonds. The van der Waals surface area contributed by atoms with Crippen molar-refractivity contribution in [3.63, 3.8) is 0 Å². The maximum atomic E-state index is 9.62. The first-order valence-electron chi connectivity index (χ1n) is 6.79. The fraction of sp³-hybridized carbons (Fsp3) is 0.235. The molecule has 104 valence electrons. The standard InChI is InChI=1S/C17H19NO2/c1-2-11-20-16-9-7-14(8-10-16)12-18-13-15-5-3-4-6-17(15)19/h3-10,13,19H,2,11-12H2,1H3. The monoisotopic (exact) mass is 269 g/mol. The lowest BCUT2D eigenvalue weighted by molar-refractivity contribution is 0.317. The Morgan fingerprint density at radius 2 is 1.85 bits per heavy atom. The zero-order valence-corrected chi connectivity index (χ0v) is 11.6. The van der Waals surface area contributed by atoms with E-state index in [2.05, 4.69) is 11.9 Å². The molecular formula is C17H19NO2. The van der Waals surface area contributed by atoms with E-state index in [1.165, 1.54) is 0 Å². The lowest BCUT2D eigenvalue weighted by Gasteiger charge is -2.04. The smallest absolute Gasteiger partial charge is 0.124 e. The summed E-state index contributed by atoms with van der Waals surface area (Å²) < 4.78 is 5.53. The minimum Gasteiger partial charge on any atom is -0.507 e. The average molecular weight is 269 g/mol. The molecule has 0 atom stereocenters. The van der Waals surface area contributed by atoms with Gasteiger partial charge in [-0.25, -0.2) is 0 Å². The number of aromatic hydroxyl groups is 1. The zero-order chi connectivity index (χ0) is 14.2. The first-order valence-corrected chi connectivity index (χ1v) is 6.79. The van der Waals surface area contributed by atoms with Crippen LogP contribution < -0.4 is 4.74 Å². The van der Waals surface area contributed by atoms with Gasteiger partial charge in [0.25, 0.3) is 0 Å². The molecule has 2 aromatic rings. The molecule has 0 aliphatic carbocycles. The van der Waals surface area contributed by atoms with Gasteiger partial charge in [-0.2, -0.15) is 0 Å². The van der Waals surface area contributed by atoms with E-state index in [9.17, 15) is 5.11 Å². The number of hydrogen-bond acceptors (Lipinski definition) is 3. The van der Waals surface area contributed by atoms with Crippen LogP contribution in [0.4, 0.5) is 0 Å². The van der Waals surface area contributed by atoms with Crippen LogP contribution in [0.5, 0.6) is 11.5 Å². The number of aliphatic imine (C=N–C) groups is 1. The molecule has 3 nitrogen and oxygen atoms in total. The third-order valence-corrected chi connectivity index (χ3v) is 2.84. The van der Waals surface area contributed by atoms with Crippen LogP contribution in [0.1, 0.15) is 24.5 Å². The Balaban J connectivity index is 1.92. The van der Waals surface area contributed by atoms with Gasteiger partial charge in [0.1, 0.15) is 11.5 Å². The SMILES string of the molecule is CCCOc1ccc(CN=Cc2ccccc2O)cc1. The van der Waals surface area contributed by atoms with Crippen LogP contribution in [-0.2, 0) is 6.54 Å². The highest BCUT2D eigenvalue weighted by Crippen LogP contribution is 2.15. The van der Waals surface area contributed by atoms with Crippen molar-refractivity contribution in [2.75, 3.05) is 6.61 Å². The quantitative estimate of drug-likeness (QED) is 0.810. The summed E-state index contributed by atoms with van der Waals surface area (Å²) in [6, 6.07) is 15.1. The minimum absolute atomic E-state index is 0.250. The summed E-state index contributed by atoms with van der Waals surface area (Å²) in [6.45, 7) is 3.41. The number of nitrogens with zero attached hydrogens (tertiary/aromatic N) is 1. The number of phenolic OH excluding ortho intramolecular Hbond substituents is 1. The number of ether oxygens (including phenoxy) is 1. The van der Waals surface area contributed by atoms with E-state index in [-0.39, 0.29) is 5.75 Å². The summed E-state index contributed by atoms with van der Waals surface area (Å²) >= 11 is 0. The average Bonchev–Trinajstić information content (AvgIpc) is 2.48. The van der Waals surface area contributed by atoms with Gasteiger partial charge in [0.2, 0.25) is 0 Å². The van der Waals surface area contributed by atoms with Crippen molar-refractivity contribution in [1.82, 2.24) is 0 Å². The predicted molar refractivity (Wildman–Crippen MR) is 81.6 cm³/mol. The normalized spacial score (nSPS) is 10.8. The zero-order valence-electron chi connectivity index (χ0n) is 11.6. The number of rotatable bonds is 6. The highest BCUT2D eigenvalue weighted by Gasteiger charge is 1.96. The molecule has 0 unspecified atom stereocenters. The molecule has 0 heterocycles. The van der Waals surface area contributed by atoms with Gasteiger partial charge < -0.3 is 9.84 Å². The molecule has 2 aromatic carbocycles. The van der Waals surface area contributed by atoms with Crippen LogP contribution in [0.3, 0.4) is 0 Å². The molecule has 0 aromatic heterocycles. The van der Waals surface area contributed by atoms with Crippen LogP contribution in [0.25, 0.3) is 0 Å². The van der Waals surface area contributed by atoms with Crippen LogP contribution in [0, 0.1) is 0 Å². The van der Waals surface area contributed by atoms with E-state index in [4.69, 9.17) is 4.74 Å². The van der Waals surface area contributed by atoms with Crippen molar-refractivity contribution in [3.8, 4) is 11.5 Å². The molecule has 0 fully saturated rings. The number of benzene rings is 2. The van der Waals surface area contributed by atoms with Gasteiger partial charge in [0.05, 0.1) is 13.2 Å². The van der Waals surface area contributed by atoms with E-state index in [0.29, 0.717) is 6.54 Å². The van der Waals surface area contributed by atoms with Crippen molar-refractivity contribution < 1.29 is 9.84 Å². The molecule has 3 heteroatoms. The van der Waals surface area contributed by atoms with Crippen LogP contribution in [-0.4, -0.2) is 17.9 Å². The van der Waals surface area contributed by atoms with Gasteiger partial charge in [-0.05, 0) is 36.2 Å². The van der Waals surface area contributed by atoms with Crippen molar-refractivity contribution in [1.29, 1.82) is 0 Å². The van der Waals surface area contributed by atoms with Crippen LogP contribution in [0.2, 0.25) is 0 Å². The molecule has 0 spiro atoms. The Hall–Kier alpha value is -2.29. The lowest BCUT2D eigenvalue weighted by Crippen LogP contribution is -1.94. The van der Waals surface area contributed by atoms with Crippen LogP contribution >= 0.6 is 0 Å². The fourth-order valence-corrected chi connectivity index (χ4v) is 1.76. The third kappa shape index (κ3) is 4.12. The molecule has 2 rings (SSSR count). The van der Waals surface area contributed by atoms with E-state index in [0.717, 1.165) is 29.9 Å². The molecule has 1 N–H and O–H groups in total. The second kappa shape index (κ2) is 7.34. The van der Waals surface area contributed by atoms with Gasteiger partial charge in [-0.3, -0.25) is 4.99 Å². The molecule has 0 saturated heterocycles. The van der Waals surface area contributed by atoms with Crippen molar-refractivity contribution in [2.24, 2.45) is 4.99 Å². The Bertz CT molecular complexity index is 561. The Morgan fingerprint density at radius 3 is 2.55 bits per heavy atom. The predicted octanol–water partition coefficient (Wildman–Crippen LogP) is 3.80.